The zero-order valence-electron chi connectivity index (χ0n) is 14.3. The van der Waals surface area contributed by atoms with Crippen molar-refractivity contribution in [1.82, 2.24) is 10.1 Å². The first kappa shape index (κ1) is 15.6. The lowest BCUT2D eigenvalue weighted by molar-refractivity contribution is -0.117. The molecule has 1 amide bonds. The van der Waals surface area contributed by atoms with Gasteiger partial charge in [0.25, 0.3) is 5.89 Å². The molecule has 0 saturated carbocycles. The highest BCUT2D eigenvalue weighted by Gasteiger charge is 2.35. The molecule has 1 fully saturated rings. The molecule has 1 aliphatic heterocycles. The highest BCUT2D eigenvalue weighted by molar-refractivity contribution is 5.97. The molecule has 0 bridgehead atoms. The van der Waals surface area contributed by atoms with Crippen LogP contribution in [0.3, 0.4) is 0 Å². The summed E-state index contributed by atoms with van der Waals surface area (Å²) >= 11 is 0. The van der Waals surface area contributed by atoms with E-state index in [1.54, 1.807) is 0 Å². The molecule has 1 saturated heterocycles. The number of para-hydroxylation sites is 1. The minimum atomic E-state index is -0.0476. The van der Waals surface area contributed by atoms with E-state index in [1.807, 2.05) is 67.3 Å². The van der Waals surface area contributed by atoms with Crippen molar-refractivity contribution < 1.29 is 9.32 Å². The van der Waals surface area contributed by atoms with Crippen LogP contribution in [0.25, 0.3) is 11.5 Å². The van der Waals surface area contributed by atoms with E-state index in [0.29, 0.717) is 24.7 Å². The Kier molecular flexibility index (Phi) is 3.84. The van der Waals surface area contributed by atoms with E-state index >= 15 is 0 Å². The third-order valence-corrected chi connectivity index (χ3v) is 4.71. The molecule has 0 radical (unpaired) electrons. The monoisotopic (exact) mass is 333 g/mol. The van der Waals surface area contributed by atoms with Crippen LogP contribution in [-0.4, -0.2) is 22.6 Å². The zero-order valence-corrected chi connectivity index (χ0v) is 14.3. The Morgan fingerprint density at radius 2 is 1.76 bits per heavy atom. The maximum atomic E-state index is 12.5. The fraction of sp³-hybridized carbons (Fsp3) is 0.250. The van der Waals surface area contributed by atoms with Gasteiger partial charge in [0.05, 0.1) is 0 Å². The van der Waals surface area contributed by atoms with Gasteiger partial charge >= 0.3 is 0 Å². The first-order chi connectivity index (χ1) is 12.1. The van der Waals surface area contributed by atoms with Crippen LogP contribution in [-0.2, 0) is 4.79 Å². The summed E-state index contributed by atoms with van der Waals surface area (Å²) in [5.74, 6) is 1.16. The van der Waals surface area contributed by atoms with E-state index in [2.05, 4.69) is 10.1 Å². The van der Waals surface area contributed by atoms with Crippen molar-refractivity contribution in [2.75, 3.05) is 11.4 Å². The molecule has 0 aliphatic carbocycles. The number of anilines is 1. The fourth-order valence-electron chi connectivity index (χ4n) is 3.30. The molecular formula is C20H19N3O2. The van der Waals surface area contributed by atoms with E-state index in [9.17, 15) is 4.79 Å². The molecule has 1 aliphatic rings. The van der Waals surface area contributed by atoms with Gasteiger partial charge in [-0.1, -0.05) is 41.6 Å². The second-order valence-electron chi connectivity index (χ2n) is 6.46. The SMILES string of the molecule is Cc1ccccc1-c1nc(C2CC(=O)N(c3ccccc3C)C2)no1. The number of carbonyl (C=O) groups is 1. The maximum Gasteiger partial charge on any atom is 0.258 e. The number of hydrogen-bond donors (Lipinski definition) is 0. The first-order valence-corrected chi connectivity index (χ1v) is 8.39. The molecule has 3 aromatic rings. The average Bonchev–Trinajstić information content (AvgIpc) is 3.23. The lowest BCUT2D eigenvalue weighted by Crippen LogP contribution is -2.25. The van der Waals surface area contributed by atoms with Crippen LogP contribution in [0, 0.1) is 13.8 Å². The topological polar surface area (TPSA) is 59.2 Å². The van der Waals surface area contributed by atoms with Gasteiger partial charge in [0.15, 0.2) is 5.82 Å². The molecule has 5 nitrogen and oxygen atoms in total. The molecule has 5 heteroatoms. The number of aryl methyl sites for hydroxylation is 2. The first-order valence-electron chi connectivity index (χ1n) is 8.39. The molecule has 2 aromatic carbocycles. The third kappa shape index (κ3) is 2.82. The standard InChI is InChI=1S/C20H19N3O2/c1-13-7-3-5-9-16(13)20-21-19(22-25-20)15-11-18(24)23(12-15)17-10-6-4-8-14(17)2/h3-10,15H,11-12H2,1-2H3. The summed E-state index contributed by atoms with van der Waals surface area (Å²) in [5.41, 5.74) is 4.06. The Labute approximate surface area is 146 Å². The van der Waals surface area contributed by atoms with Crippen LogP contribution < -0.4 is 4.90 Å². The normalized spacial score (nSPS) is 17.3. The van der Waals surface area contributed by atoms with Crippen LogP contribution in [0.15, 0.2) is 53.1 Å². The fourth-order valence-corrected chi connectivity index (χ4v) is 3.30. The van der Waals surface area contributed by atoms with Crippen molar-refractivity contribution >= 4 is 11.6 Å². The molecule has 1 atom stereocenters. The Bertz CT molecular complexity index is 932. The van der Waals surface area contributed by atoms with Crippen molar-refractivity contribution in [2.24, 2.45) is 0 Å². The number of aromatic nitrogens is 2. The van der Waals surface area contributed by atoms with E-state index in [-0.39, 0.29) is 11.8 Å². The van der Waals surface area contributed by atoms with Crippen LogP contribution in [0.5, 0.6) is 0 Å². The summed E-state index contributed by atoms with van der Waals surface area (Å²) in [6.07, 6.45) is 0.404. The van der Waals surface area contributed by atoms with Crippen molar-refractivity contribution in [3.05, 3.63) is 65.5 Å². The van der Waals surface area contributed by atoms with Gasteiger partial charge in [-0.15, -0.1) is 0 Å². The van der Waals surface area contributed by atoms with E-state index in [4.69, 9.17) is 4.52 Å². The number of benzene rings is 2. The van der Waals surface area contributed by atoms with Crippen LogP contribution in [0.4, 0.5) is 5.69 Å². The highest BCUT2D eigenvalue weighted by atomic mass is 16.5. The number of rotatable bonds is 3. The molecule has 25 heavy (non-hydrogen) atoms. The number of hydrogen-bond acceptors (Lipinski definition) is 4. The van der Waals surface area contributed by atoms with Crippen LogP contribution in [0.2, 0.25) is 0 Å². The summed E-state index contributed by atoms with van der Waals surface area (Å²) in [6, 6.07) is 15.8. The van der Waals surface area contributed by atoms with Crippen LogP contribution in [0.1, 0.15) is 29.3 Å². The molecule has 0 N–H and O–H groups in total. The number of amides is 1. The number of nitrogens with zero attached hydrogens (tertiary/aromatic N) is 3. The van der Waals surface area contributed by atoms with Gasteiger partial charge in [-0.05, 0) is 37.1 Å². The summed E-state index contributed by atoms with van der Waals surface area (Å²) in [7, 11) is 0. The lowest BCUT2D eigenvalue weighted by atomic mass is 10.1. The van der Waals surface area contributed by atoms with Crippen LogP contribution >= 0.6 is 0 Å². The predicted octanol–water partition coefficient (Wildman–Crippen LogP) is 3.87. The van der Waals surface area contributed by atoms with Gasteiger partial charge in [0.2, 0.25) is 5.91 Å². The minimum absolute atomic E-state index is 0.0476. The summed E-state index contributed by atoms with van der Waals surface area (Å²) in [6.45, 7) is 4.61. The molecule has 1 unspecified atom stereocenters. The molecule has 0 spiro atoms. The smallest absolute Gasteiger partial charge is 0.258 e. The molecule has 126 valence electrons. The number of carbonyl (C=O) groups excluding carboxylic acids is 1. The van der Waals surface area contributed by atoms with Gasteiger partial charge < -0.3 is 9.42 Å². The predicted molar refractivity (Wildman–Crippen MR) is 95.4 cm³/mol. The molecule has 2 heterocycles. The molecule has 1 aromatic heterocycles. The van der Waals surface area contributed by atoms with Gasteiger partial charge in [-0.3, -0.25) is 4.79 Å². The van der Waals surface area contributed by atoms with Crippen molar-refractivity contribution in [2.45, 2.75) is 26.2 Å². The maximum absolute atomic E-state index is 12.5. The van der Waals surface area contributed by atoms with E-state index in [1.165, 1.54) is 0 Å². The quantitative estimate of drug-likeness (QED) is 0.730. The third-order valence-electron chi connectivity index (χ3n) is 4.71. The summed E-state index contributed by atoms with van der Waals surface area (Å²) < 4.78 is 5.45. The molecule has 4 rings (SSSR count). The Balaban J connectivity index is 1.59. The van der Waals surface area contributed by atoms with Crippen molar-refractivity contribution in [3.8, 4) is 11.5 Å². The largest absolute Gasteiger partial charge is 0.334 e. The lowest BCUT2D eigenvalue weighted by Gasteiger charge is -2.18. The minimum Gasteiger partial charge on any atom is -0.334 e. The molecular weight excluding hydrogens is 314 g/mol. The van der Waals surface area contributed by atoms with Gasteiger partial charge in [-0.2, -0.15) is 4.98 Å². The average molecular weight is 333 g/mol. The Morgan fingerprint density at radius 1 is 1.04 bits per heavy atom. The zero-order chi connectivity index (χ0) is 17.4. The van der Waals surface area contributed by atoms with Gasteiger partial charge in [0.1, 0.15) is 0 Å². The van der Waals surface area contributed by atoms with E-state index < -0.39 is 0 Å². The second kappa shape index (κ2) is 6.16. The highest BCUT2D eigenvalue weighted by Crippen LogP contribution is 2.33. The van der Waals surface area contributed by atoms with Gasteiger partial charge in [-0.25, -0.2) is 0 Å². The Morgan fingerprint density at radius 3 is 2.52 bits per heavy atom. The van der Waals surface area contributed by atoms with Gasteiger partial charge in [0, 0.05) is 30.1 Å². The van der Waals surface area contributed by atoms with Crippen molar-refractivity contribution in [1.29, 1.82) is 0 Å². The Hall–Kier alpha value is -2.95. The van der Waals surface area contributed by atoms with E-state index in [0.717, 1.165) is 22.4 Å². The summed E-state index contributed by atoms with van der Waals surface area (Å²) in [5, 5.41) is 4.14. The summed E-state index contributed by atoms with van der Waals surface area (Å²) in [4.78, 5) is 18.9. The second-order valence-corrected chi connectivity index (χ2v) is 6.46. The van der Waals surface area contributed by atoms with Crippen molar-refractivity contribution in [3.63, 3.8) is 0 Å².